The highest BCUT2D eigenvalue weighted by Gasteiger charge is 2.40. The third-order valence-corrected chi connectivity index (χ3v) is 5.87. The number of amides is 1. The van der Waals surface area contributed by atoms with Gasteiger partial charge in [-0.25, -0.2) is 0 Å². The smallest absolute Gasteiger partial charge is 0.343 e. The summed E-state index contributed by atoms with van der Waals surface area (Å²) in [7, 11) is 3.93. The van der Waals surface area contributed by atoms with Gasteiger partial charge in [-0.15, -0.1) is 0 Å². The number of hydrogen-bond donors (Lipinski definition) is 1. The number of hydrogen-bond acceptors (Lipinski definition) is 2. The molecule has 1 unspecified atom stereocenters. The minimum Gasteiger partial charge on any atom is -0.343 e. The third-order valence-electron chi connectivity index (χ3n) is 5.87. The van der Waals surface area contributed by atoms with E-state index in [1.54, 1.807) is 6.92 Å². The molecular formula is C23H29F3N2O. The summed E-state index contributed by atoms with van der Waals surface area (Å²) < 4.78 is 39.5. The van der Waals surface area contributed by atoms with E-state index >= 15 is 0 Å². The fraction of sp³-hybridized carbons (Fsp3) is 0.435. The molecule has 0 spiro atoms. The number of carbonyl (C=O) groups is 1. The van der Waals surface area contributed by atoms with Crippen LogP contribution in [-0.4, -0.2) is 30.4 Å². The number of alkyl halides is 3. The van der Waals surface area contributed by atoms with Crippen molar-refractivity contribution >= 4 is 5.91 Å². The molecule has 2 aromatic rings. The highest BCUT2D eigenvalue weighted by atomic mass is 19.4. The maximum atomic E-state index is 13.2. The molecule has 0 aromatic heterocycles. The molecule has 0 aliphatic carbocycles. The number of nitrogens with zero attached hydrogens (tertiary/aromatic N) is 1. The molecule has 2 aromatic carbocycles. The lowest BCUT2D eigenvalue weighted by molar-refractivity contribution is -0.137. The maximum Gasteiger partial charge on any atom is 0.416 e. The van der Waals surface area contributed by atoms with Crippen LogP contribution in [0.3, 0.4) is 0 Å². The van der Waals surface area contributed by atoms with Gasteiger partial charge in [-0.05, 0) is 57.1 Å². The first-order valence-electron chi connectivity index (χ1n) is 9.78. The summed E-state index contributed by atoms with van der Waals surface area (Å²) in [6.07, 6.45) is -2.97. The summed E-state index contributed by atoms with van der Waals surface area (Å²) in [5, 5.41) is 3.05. The Morgan fingerprint density at radius 1 is 1.03 bits per heavy atom. The molecular weight excluding hydrogens is 377 g/mol. The Hall–Kier alpha value is -2.34. The van der Waals surface area contributed by atoms with Crippen LogP contribution in [0.4, 0.5) is 13.2 Å². The molecule has 6 heteroatoms. The summed E-state index contributed by atoms with van der Waals surface area (Å²) >= 11 is 0. The van der Waals surface area contributed by atoms with Crippen LogP contribution < -0.4 is 5.32 Å². The predicted molar refractivity (Wildman–Crippen MR) is 110 cm³/mol. The van der Waals surface area contributed by atoms with E-state index in [2.05, 4.69) is 24.1 Å². The first kappa shape index (κ1) is 22.9. The van der Waals surface area contributed by atoms with Gasteiger partial charge >= 0.3 is 6.18 Å². The highest BCUT2D eigenvalue weighted by Crippen LogP contribution is 2.37. The number of aryl methyl sites for hydroxylation is 1. The van der Waals surface area contributed by atoms with Crippen LogP contribution in [0.5, 0.6) is 0 Å². The van der Waals surface area contributed by atoms with Gasteiger partial charge in [0, 0.05) is 11.1 Å². The van der Waals surface area contributed by atoms with E-state index < -0.39 is 17.6 Å². The first-order chi connectivity index (χ1) is 13.6. The number of nitrogens with one attached hydrogen (secondary N) is 1. The molecule has 1 N–H and O–H groups in total. The molecule has 0 radical (unpaired) electrons. The second-order valence-electron chi connectivity index (χ2n) is 7.55. The van der Waals surface area contributed by atoms with Gasteiger partial charge in [-0.1, -0.05) is 50.2 Å². The Bertz CT molecular complexity index is 828. The Morgan fingerprint density at radius 2 is 1.62 bits per heavy atom. The fourth-order valence-electron chi connectivity index (χ4n) is 3.97. The predicted octanol–water partition coefficient (Wildman–Crippen LogP) is 5.61. The monoisotopic (exact) mass is 406 g/mol. The number of rotatable bonds is 7. The van der Waals surface area contributed by atoms with Crippen LogP contribution in [0.25, 0.3) is 0 Å². The Morgan fingerprint density at radius 3 is 2.10 bits per heavy atom. The van der Waals surface area contributed by atoms with E-state index in [1.807, 2.05) is 44.4 Å². The Balaban J connectivity index is 2.51. The van der Waals surface area contributed by atoms with E-state index in [0.717, 1.165) is 30.5 Å². The van der Waals surface area contributed by atoms with Gasteiger partial charge in [-0.3, -0.25) is 4.79 Å². The molecule has 29 heavy (non-hydrogen) atoms. The summed E-state index contributed by atoms with van der Waals surface area (Å²) in [6.45, 7) is 5.76. The van der Waals surface area contributed by atoms with E-state index in [-0.39, 0.29) is 17.1 Å². The Kier molecular flexibility index (Phi) is 7.11. The molecule has 0 aliphatic rings. The van der Waals surface area contributed by atoms with Gasteiger partial charge in [0.05, 0.1) is 11.6 Å². The topological polar surface area (TPSA) is 32.3 Å². The van der Waals surface area contributed by atoms with Crippen molar-refractivity contribution in [2.75, 3.05) is 14.1 Å². The number of likely N-dealkylation sites (N-methyl/N-ethyl adjacent to an activating group) is 1. The van der Waals surface area contributed by atoms with E-state index in [0.29, 0.717) is 5.56 Å². The van der Waals surface area contributed by atoms with Gasteiger partial charge in [0.15, 0.2) is 0 Å². The molecule has 0 aliphatic heterocycles. The van der Waals surface area contributed by atoms with Crippen molar-refractivity contribution in [1.29, 1.82) is 0 Å². The van der Waals surface area contributed by atoms with Crippen LogP contribution >= 0.6 is 0 Å². The van der Waals surface area contributed by atoms with Crippen LogP contribution in [0.2, 0.25) is 0 Å². The van der Waals surface area contributed by atoms with Crippen molar-refractivity contribution in [3.63, 3.8) is 0 Å². The largest absolute Gasteiger partial charge is 0.416 e. The van der Waals surface area contributed by atoms with Crippen LogP contribution in [0.15, 0.2) is 48.5 Å². The fourth-order valence-corrected chi connectivity index (χ4v) is 3.97. The lowest BCUT2D eigenvalue weighted by atomic mass is 9.79. The molecule has 0 saturated heterocycles. The molecule has 1 atom stereocenters. The average Bonchev–Trinajstić information content (AvgIpc) is 2.68. The van der Waals surface area contributed by atoms with E-state index in [4.69, 9.17) is 0 Å². The summed E-state index contributed by atoms with van der Waals surface area (Å²) in [5.74, 6) is -0.504. The second-order valence-corrected chi connectivity index (χ2v) is 7.55. The molecule has 0 saturated carbocycles. The number of carbonyl (C=O) groups excluding carboxylic acids is 1. The van der Waals surface area contributed by atoms with Crippen molar-refractivity contribution in [3.05, 3.63) is 70.8 Å². The van der Waals surface area contributed by atoms with E-state index in [1.165, 1.54) is 6.07 Å². The van der Waals surface area contributed by atoms with Crippen LogP contribution in [0.1, 0.15) is 59.8 Å². The number of halogens is 3. The molecule has 0 heterocycles. The van der Waals surface area contributed by atoms with Gasteiger partial charge in [-0.2, -0.15) is 13.2 Å². The van der Waals surface area contributed by atoms with E-state index in [9.17, 15) is 18.0 Å². The molecule has 158 valence electrons. The van der Waals surface area contributed by atoms with Crippen LogP contribution in [-0.2, 0) is 6.18 Å². The zero-order valence-corrected chi connectivity index (χ0v) is 17.6. The van der Waals surface area contributed by atoms with Gasteiger partial charge < -0.3 is 10.2 Å². The van der Waals surface area contributed by atoms with Crippen molar-refractivity contribution in [3.8, 4) is 0 Å². The van der Waals surface area contributed by atoms with Gasteiger partial charge in [0.25, 0.3) is 5.91 Å². The van der Waals surface area contributed by atoms with Gasteiger partial charge in [0.2, 0.25) is 0 Å². The second kappa shape index (κ2) is 8.99. The zero-order valence-electron chi connectivity index (χ0n) is 17.6. The van der Waals surface area contributed by atoms with Crippen molar-refractivity contribution in [2.45, 2.75) is 51.4 Å². The molecule has 0 fully saturated rings. The van der Waals surface area contributed by atoms with Crippen molar-refractivity contribution < 1.29 is 18.0 Å². The minimum absolute atomic E-state index is 0.0422. The van der Waals surface area contributed by atoms with Crippen molar-refractivity contribution in [1.82, 2.24) is 10.2 Å². The lowest BCUT2D eigenvalue weighted by Gasteiger charge is -2.45. The molecule has 3 nitrogen and oxygen atoms in total. The number of benzene rings is 2. The first-order valence-corrected chi connectivity index (χ1v) is 9.78. The standard InChI is InChI=1S/C23H29F3N2O/c1-6-22(7-2,28(4)5)20(17-11-9-8-10-12-17)27-21(29)19-15-18(23(24,25)26)14-13-16(19)3/h8-15,20H,6-7H2,1-5H3,(H,27,29). The third kappa shape index (κ3) is 4.81. The quantitative estimate of drug-likeness (QED) is 0.649. The van der Waals surface area contributed by atoms with Crippen molar-refractivity contribution in [2.24, 2.45) is 0 Å². The maximum absolute atomic E-state index is 13.2. The Labute approximate surface area is 170 Å². The summed E-state index contributed by atoms with van der Waals surface area (Å²) in [6, 6.07) is 12.5. The average molecular weight is 406 g/mol. The molecule has 2 rings (SSSR count). The summed E-state index contributed by atoms with van der Waals surface area (Å²) in [5.41, 5.74) is 0.260. The summed E-state index contributed by atoms with van der Waals surface area (Å²) in [4.78, 5) is 15.2. The lowest BCUT2D eigenvalue weighted by Crippen LogP contribution is -2.54. The normalized spacial score (nSPS) is 13.4. The zero-order chi connectivity index (χ0) is 21.8. The minimum atomic E-state index is -4.50. The van der Waals surface area contributed by atoms with Gasteiger partial charge in [0.1, 0.15) is 0 Å². The van der Waals surface area contributed by atoms with Crippen LogP contribution in [0, 0.1) is 6.92 Å². The highest BCUT2D eigenvalue weighted by molar-refractivity contribution is 5.96. The SMILES string of the molecule is CCC(CC)(C(NC(=O)c1cc(C(F)(F)F)ccc1C)c1ccccc1)N(C)C. The molecule has 1 amide bonds. The molecule has 0 bridgehead atoms.